The fourth-order valence-electron chi connectivity index (χ4n) is 2.78. The fraction of sp³-hybridized carbons (Fsp3) is 0.211. The highest BCUT2D eigenvalue weighted by Gasteiger charge is 2.35. The third-order valence-corrected chi connectivity index (χ3v) is 4.18. The summed E-state index contributed by atoms with van der Waals surface area (Å²) >= 11 is 0. The monoisotopic (exact) mass is 410 g/mol. The predicted molar refractivity (Wildman–Crippen MR) is 93.7 cm³/mol. The zero-order valence-corrected chi connectivity index (χ0v) is 14.9. The maximum Gasteiger partial charge on any atom is 0.416 e. The first-order valence-corrected chi connectivity index (χ1v) is 8.36. The van der Waals surface area contributed by atoms with Crippen LogP contribution in [0.25, 0.3) is 0 Å². The number of hydrogen-bond acceptors (Lipinski definition) is 4. The zero-order valence-electron chi connectivity index (χ0n) is 14.9. The molecule has 6 nitrogen and oxygen atoms in total. The summed E-state index contributed by atoms with van der Waals surface area (Å²) in [7, 11) is 0. The second-order valence-electron chi connectivity index (χ2n) is 6.23. The van der Waals surface area contributed by atoms with Crippen LogP contribution in [0.5, 0.6) is 0 Å². The largest absolute Gasteiger partial charge is 0.449 e. The lowest BCUT2D eigenvalue weighted by atomic mass is 10.1. The van der Waals surface area contributed by atoms with Crippen LogP contribution in [0.15, 0.2) is 42.5 Å². The third-order valence-electron chi connectivity index (χ3n) is 4.18. The lowest BCUT2D eigenvalue weighted by molar-refractivity contribution is -0.137. The number of halogens is 4. The number of fused-ring (bicyclic) bond motifs is 1. The standard InChI is InChI=1S/C19H14F4N2O4/c1-10(29-18(28)12-4-2-3-5-13(12)20)17(27)25-9-16(26)24-14-8-11(19(21,22)23)6-7-15(14)25/h2-8,10H,9H2,1H3,(H,24,26)/t10-/m1/s1. The highest BCUT2D eigenvalue weighted by Crippen LogP contribution is 2.37. The van der Waals surface area contributed by atoms with Gasteiger partial charge in [0.05, 0.1) is 22.5 Å². The fourth-order valence-corrected chi connectivity index (χ4v) is 2.78. The van der Waals surface area contributed by atoms with Crippen molar-refractivity contribution in [1.82, 2.24) is 0 Å². The average molecular weight is 410 g/mol. The minimum absolute atomic E-state index is 0.0244. The molecular formula is C19H14F4N2O4. The molecule has 0 saturated heterocycles. The SMILES string of the molecule is C[C@@H](OC(=O)c1ccccc1F)C(=O)N1CC(=O)Nc2cc(C(F)(F)F)ccc21. The minimum Gasteiger partial charge on any atom is -0.449 e. The Hall–Kier alpha value is -3.43. The summed E-state index contributed by atoms with van der Waals surface area (Å²) in [5.74, 6) is -3.47. The van der Waals surface area contributed by atoms with E-state index in [1.165, 1.54) is 25.1 Å². The number of ether oxygens (including phenoxy) is 1. The first-order valence-electron chi connectivity index (χ1n) is 8.36. The topological polar surface area (TPSA) is 75.7 Å². The van der Waals surface area contributed by atoms with Crippen molar-refractivity contribution in [2.45, 2.75) is 19.2 Å². The first kappa shape index (κ1) is 20.3. The molecule has 0 aromatic heterocycles. The summed E-state index contributed by atoms with van der Waals surface area (Å²) in [6, 6.07) is 7.54. The van der Waals surface area contributed by atoms with Gasteiger partial charge in [0.25, 0.3) is 5.91 Å². The highest BCUT2D eigenvalue weighted by molar-refractivity contribution is 6.11. The summed E-state index contributed by atoms with van der Waals surface area (Å²) in [5.41, 5.74) is -1.54. The highest BCUT2D eigenvalue weighted by atomic mass is 19.4. The maximum atomic E-state index is 13.7. The van der Waals surface area contributed by atoms with E-state index in [1.807, 2.05) is 0 Å². The number of esters is 1. The molecule has 1 aliphatic heterocycles. The molecule has 1 N–H and O–H groups in total. The molecule has 0 radical (unpaired) electrons. The number of rotatable bonds is 3. The van der Waals surface area contributed by atoms with Crippen LogP contribution in [0.4, 0.5) is 28.9 Å². The molecule has 152 valence electrons. The van der Waals surface area contributed by atoms with Gasteiger partial charge in [-0.05, 0) is 37.3 Å². The van der Waals surface area contributed by atoms with E-state index in [2.05, 4.69) is 5.32 Å². The Bertz CT molecular complexity index is 990. The molecule has 0 fully saturated rings. The molecule has 0 aliphatic carbocycles. The summed E-state index contributed by atoms with van der Waals surface area (Å²) in [6.07, 6.45) is -6.04. The van der Waals surface area contributed by atoms with Gasteiger partial charge in [-0.25, -0.2) is 9.18 Å². The van der Waals surface area contributed by atoms with E-state index < -0.39 is 48.0 Å². The average Bonchev–Trinajstić information content (AvgIpc) is 2.65. The number of carbonyl (C=O) groups excluding carboxylic acids is 3. The van der Waals surface area contributed by atoms with Gasteiger partial charge in [0.2, 0.25) is 5.91 Å². The molecule has 1 atom stereocenters. The van der Waals surface area contributed by atoms with Gasteiger partial charge in [-0.15, -0.1) is 0 Å². The molecule has 3 rings (SSSR count). The summed E-state index contributed by atoms with van der Waals surface area (Å²) in [5, 5.41) is 2.28. The lowest BCUT2D eigenvalue weighted by Crippen LogP contribution is -2.47. The van der Waals surface area contributed by atoms with Crippen LogP contribution in [-0.2, 0) is 20.5 Å². The molecule has 10 heteroatoms. The van der Waals surface area contributed by atoms with Crippen LogP contribution in [0.3, 0.4) is 0 Å². The molecule has 2 amide bonds. The van der Waals surface area contributed by atoms with Crippen molar-refractivity contribution in [1.29, 1.82) is 0 Å². The predicted octanol–water partition coefficient (Wildman–Crippen LogP) is 3.38. The van der Waals surface area contributed by atoms with Gasteiger partial charge < -0.3 is 10.1 Å². The number of nitrogens with zero attached hydrogens (tertiary/aromatic N) is 1. The van der Waals surface area contributed by atoms with Crippen molar-refractivity contribution in [3.63, 3.8) is 0 Å². The van der Waals surface area contributed by atoms with Gasteiger partial charge >= 0.3 is 12.1 Å². The Morgan fingerprint density at radius 2 is 1.86 bits per heavy atom. The van der Waals surface area contributed by atoms with Crippen LogP contribution in [0, 0.1) is 5.82 Å². The molecule has 0 saturated carbocycles. The van der Waals surface area contributed by atoms with Gasteiger partial charge in [0.15, 0.2) is 6.10 Å². The molecule has 1 heterocycles. The van der Waals surface area contributed by atoms with Crippen molar-refractivity contribution in [3.8, 4) is 0 Å². The molecule has 2 aromatic carbocycles. The van der Waals surface area contributed by atoms with E-state index in [0.717, 1.165) is 23.1 Å². The number of anilines is 2. The summed E-state index contributed by atoms with van der Waals surface area (Å²) < 4.78 is 57.4. The van der Waals surface area contributed by atoms with Crippen LogP contribution in [-0.4, -0.2) is 30.4 Å². The van der Waals surface area contributed by atoms with Crippen molar-refractivity contribution in [2.24, 2.45) is 0 Å². The van der Waals surface area contributed by atoms with Gasteiger partial charge in [0, 0.05) is 0 Å². The molecular weight excluding hydrogens is 396 g/mol. The van der Waals surface area contributed by atoms with Gasteiger partial charge in [0.1, 0.15) is 12.4 Å². The van der Waals surface area contributed by atoms with E-state index >= 15 is 0 Å². The van der Waals surface area contributed by atoms with Crippen molar-refractivity contribution in [3.05, 3.63) is 59.4 Å². The Balaban J connectivity index is 1.83. The minimum atomic E-state index is -4.63. The zero-order chi connectivity index (χ0) is 21.3. The number of nitrogens with one attached hydrogen (secondary N) is 1. The molecule has 0 spiro atoms. The molecule has 2 aromatic rings. The van der Waals surface area contributed by atoms with E-state index in [1.54, 1.807) is 0 Å². The smallest absolute Gasteiger partial charge is 0.416 e. The summed E-state index contributed by atoms with van der Waals surface area (Å²) in [6.45, 7) is 0.746. The number of amides is 2. The van der Waals surface area contributed by atoms with Crippen molar-refractivity contribution in [2.75, 3.05) is 16.8 Å². The van der Waals surface area contributed by atoms with Gasteiger partial charge in [-0.2, -0.15) is 13.2 Å². The van der Waals surface area contributed by atoms with E-state index in [9.17, 15) is 31.9 Å². The Morgan fingerprint density at radius 1 is 1.17 bits per heavy atom. The Morgan fingerprint density at radius 3 is 2.52 bits per heavy atom. The normalized spacial score (nSPS) is 14.7. The lowest BCUT2D eigenvalue weighted by Gasteiger charge is -2.31. The van der Waals surface area contributed by atoms with E-state index in [4.69, 9.17) is 4.74 Å². The van der Waals surface area contributed by atoms with Crippen LogP contribution >= 0.6 is 0 Å². The van der Waals surface area contributed by atoms with E-state index in [0.29, 0.717) is 6.07 Å². The van der Waals surface area contributed by atoms with Crippen LogP contribution in [0.2, 0.25) is 0 Å². The number of alkyl halides is 3. The number of benzene rings is 2. The maximum absolute atomic E-state index is 13.7. The van der Waals surface area contributed by atoms with Gasteiger partial charge in [-0.1, -0.05) is 12.1 Å². The molecule has 0 unspecified atom stereocenters. The molecule has 29 heavy (non-hydrogen) atoms. The van der Waals surface area contributed by atoms with E-state index in [-0.39, 0.29) is 16.9 Å². The van der Waals surface area contributed by atoms with Crippen LogP contribution < -0.4 is 10.2 Å². The van der Waals surface area contributed by atoms with Crippen molar-refractivity contribution < 1.29 is 36.7 Å². The quantitative estimate of drug-likeness (QED) is 0.622. The number of hydrogen-bond donors (Lipinski definition) is 1. The molecule has 1 aliphatic rings. The second kappa shape index (κ2) is 7.53. The third kappa shape index (κ3) is 4.20. The second-order valence-corrected chi connectivity index (χ2v) is 6.23. The van der Waals surface area contributed by atoms with Gasteiger partial charge in [-0.3, -0.25) is 14.5 Å². The summed E-state index contributed by atoms with van der Waals surface area (Å²) in [4.78, 5) is 37.6. The number of carbonyl (C=O) groups is 3. The Kier molecular flexibility index (Phi) is 5.27. The Labute approximate surface area is 162 Å². The molecule has 0 bridgehead atoms. The van der Waals surface area contributed by atoms with Crippen molar-refractivity contribution >= 4 is 29.2 Å². The van der Waals surface area contributed by atoms with Crippen LogP contribution in [0.1, 0.15) is 22.8 Å². The first-order chi connectivity index (χ1) is 13.6.